The smallest absolute Gasteiger partial charge is 0.304 e. The van der Waals surface area contributed by atoms with Gasteiger partial charge in [-0.15, -0.1) is 0 Å². The predicted octanol–water partition coefficient (Wildman–Crippen LogP) is 1.99. The molecule has 0 atom stereocenters. The number of carboxylic acids is 2. The van der Waals surface area contributed by atoms with E-state index in [9.17, 15) is 24.0 Å². The molecule has 0 aliphatic heterocycles. The zero-order valence-corrected chi connectivity index (χ0v) is 29.7. The van der Waals surface area contributed by atoms with Crippen molar-refractivity contribution < 1.29 is 43.9 Å². The summed E-state index contributed by atoms with van der Waals surface area (Å²) < 4.78 is 0. The van der Waals surface area contributed by atoms with Gasteiger partial charge >= 0.3 is 11.9 Å². The van der Waals surface area contributed by atoms with Crippen molar-refractivity contribution in [2.75, 3.05) is 93.8 Å². The van der Waals surface area contributed by atoms with Gasteiger partial charge in [0.1, 0.15) is 0 Å². The molecule has 0 aliphatic carbocycles. The van der Waals surface area contributed by atoms with Crippen molar-refractivity contribution in [3.05, 3.63) is 0 Å². The van der Waals surface area contributed by atoms with E-state index < -0.39 is 11.9 Å². The second kappa shape index (κ2) is 36.6. The van der Waals surface area contributed by atoms with E-state index in [-0.39, 0.29) is 29.9 Å². The molecule has 0 fully saturated rings. The van der Waals surface area contributed by atoms with E-state index in [0.29, 0.717) is 43.0 Å². The number of carbonyl (C=O) groups excluding carboxylic acids is 3. The number of alkyl halides is 2. The first-order valence-corrected chi connectivity index (χ1v) is 14.9. The Kier molecular flexibility index (Phi) is 44.0. The molecule has 17 heteroatoms. The van der Waals surface area contributed by atoms with Crippen LogP contribution in [0.1, 0.15) is 32.1 Å². The standard InChI is InChI=1S/C7H16N2O2.C5H10BrNO2.C5H11NO2.C4H9NO2.C3H4BrClO/c1-8(2)6-5-7(10)9(3)11-4;1-7(9-2)5(8)3-4-6;1-6(2)4-3-5(7)8;1-5-3-2-4(6)7;4-2-1-3(5)6/h5-6H2,1-4H3;3-4H2,1-2H3;3-4H2,1-2H3,(H,7,8);5H,2-3H2,1H3,(H,6,7);1-2H2. The molecule has 0 bridgehead atoms. The maximum Gasteiger partial charge on any atom is 0.304 e. The van der Waals surface area contributed by atoms with Gasteiger partial charge in [0.15, 0.2) is 0 Å². The summed E-state index contributed by atoms with van der Waals surface area (Å²) in [4.78, 5) is 64.3. The maximum atomic E-state index is 11.1. The fourth-order valence-electron chi connectivity index (χ4n) is 1.54. The van der Waals surface area contributed by atoms with Crippen molar-refractivity contribution in [2.24, 2.45) is 0 Å². The van der Waals surface area contributed by atoms with E-state index in [1.165, 1.54) is 24.3 Å². The van der Waals surface area contributed by atoms with Gasteiger partial charge in [-0.25, -0.2) is 10.1 Å². The lowest BCUT2D eigenvalue weighted by molar-refractivity contribution is -0.169. The Morgan fingerprint density at radius 3 is 1.24 bits per heavy atom. The molecule has 41 heavy (non-hydrogen) atoms. The number of amides is 2. The second-order valence-corrected chi connectivity index (χ2v) is 10.1. The molecule has 246 valence electrons. The minimum atomic E-state index is -0.755. The van der Waals surface area contributed by atoms with Gasteiger partial charge in [-0.2, -0.15) is 0 Å². The fraction of sp³-hybridized carbons (Fsp3) is 0.792. The van der Waals surface area contributed by atoms with Crippen LogP contribution >= 0.6 is 43.5 Å². The Labute approximate surface area is 266 Å². The van der Waals surface area contributed by atoms with Crippen LogP contribution in [0.3, 0.4) is 0 Å². The van der Waals surface area contributed by atoms with E-state index in [4.69, 9.17) is 26.7 Å². The van der Waals surface area contributed by atoms with Crippen LogP contribution in [0.5, 0.6) is 0 Å². The van der Waals surface area contributed by atoms with E-state index in [1.807, 2.05) is 38.0 Å². The number of aliphatic carboxylic acids is 2. The molecular formula is C24H50Br2ClN5O9. The van der Waals surface area contributed by atoms with Gasteiger partial charge in [0.2, 0.25) is 17.1 Å². The predicted molar refractivity (Wildman–Crippen MR) is 167 cm³/mol. The van der Waals surface area contributed by atoms with Crippen LogP contribution in [0.15, 0.2) is 0 Å². The number of halogens is 3. The third-order valence-electron chi connectivity index (χ3n) is 3.98. The van der Waals surface area contributed by atoms with Crippen molar-refractivity contribution >= 4 is 72.5 Å². The summed E-state index contributed by atoms with van der Waals surface area (Å²) in [5.74, 6) is -1.51. The van der Waals surface area contributed by atoms with Crippen molar-refractivity contribution in [2.45, 2.75) is 32.1 Å². The van der Waals surface area contributed by atoms with Crippen LogP contribution in [-0.2, 0) is 33.6 Å². The Balaban J connectivity index is -0.000000134. The highest BCUT2D eigenvalue weighted by Crippen LogP contribution is 1.93. The highest BCUT2D eigenvalue weighted by molar-refractivity contribution is 9.09. The van der Waals surface area contributed by atoms with Crippen molar-refractivity contribution in [3.8, 4) is 0 Å². The van der Waals surface area contributed by atoms with Gasteiger partial charge in [0.25, 0.3) is 0 Å². The first-order valence-electron chi connectivity index (χ1n) is 12.3. The van der Waals surface area contributed by atoms with Crippen LogP contribution in [-0.4, -0.2) is 153 Å². The Morgan fingerprint density at radius 1 is 0.683 bits per heavy atom. The Bertz CT molecular complexity index is 679. The average Bonchev–Trinajstić information content (AvgIpc) is 2.89. The molecule has 2 amide bonds. The quantitative estimate of drug-likeness (QED) is 0.127. The molecule has 0 rings (SSSR count). The number of carboxylic acid groups (broad SMARTS) is 2. The molecule has 0 heterocycles. The van der Waals surface area contributed by atoms with Gasteiger partial charge in [-0.1, -0.05) is 31.9 Å². The van der Waals surface area contributed by atoms with Crippen LogP contribution in [0.2, 0.25) is 0 Å². The van der Waals surface area contributed by atoms with Crippen LogP contribution < -0.4 is 5.32 Å². The second-order valence-electron chi connectivity index (χ2n) is 8.13. The molecule has 0 aromatic rings. The molecule has 0 aromatic carbocycles. The SMILES string of the molecule is CN(C)CCC(=O)O.CNCCC(=O)O.CON(C)C(=O)CCBr.CON(C)C(=O)CCN(C)C.O=C(Cl)CCBr. The Morgan fingerprint density at radius 2 is 1.05 bits per heavy atom. The zero-order valence-electron chi connectivity index (χ0n) is 25.7. The summed E-state index contributed by atoms with van der Waals surface area (Å²) in [6, 6.07) is 0. The van der Waals surface area contributed by atoms with Crippen molar-refractivity contribution in [3.63, 3.8) is 0 Å². The first-order chi connectivity index (χ1) is 19.0. The minimum Gasteiger partial charge on any atom is -0.481 e. The third kappa shape index (κ3) is 55.2. The molecule has 0 saturated carbocycles. The number of hydroxylamine groups is 4. The zero-order chi connectivity index (χ0) is 33.4. The largest absolute Gasteiger partial charge is 0.481 e. The molecule has 0 unspecified atom stereocenters. The lowest BCUT2D eigenvalue weighted by atomic mass is 10.4. The average molecular weight is 748 g/mol. The molecule has 0 spiro atoms. The minimum absolute atomic E-state index is 0.00111. The maximum absolute atomic E-state index is 11.1. The van der Waals surface area contributed by atoms with E-state index >= 15 is 0 Å². The van der Waals surface area contributed by atoms with Crippen molar-refractivity contribution in [1.82, 2.24) is 25.2 Å². The normalized spacial score (nSPS) is 9.41. The lowest BCUT2D eigenvalue weighted by Crippen LogP contribution is -2.28. The number of carbonyl (C=O) groups is 5. The van der Waals surface area contributed by atoms with Gasteiger partial charge in [0, 0.05) is 63.7 Å². The van der Waals surface area contributed by atoms with Gasteiger partial charge in [-0.05, 0) is 46.8 Å². The number of nitrogens with zero attached hydrogens (tertiary/aromatic N) is 4. The fourth-order valence-corrected chi connectivity index (χ4v) is 2.57. The highest BCUT2D eigenvalue weighted by atomic mass is 79.9. The van der Waals surface area contributed by atoms with Gasteiger partial charge in [0.05, 0.1) is 27.1 Å². The molecule has 0 aromatic heterocycles. The van der Waals surface area contributed by atoms with E-state index in [2.05, 4.69) is 42.0 Å². The van der Waals surface area contributed by atoms with Crippen molar-refractivity contribution in [1.29, 1.82) is 0 Å². The molecule has 0 saturated heterocycles. The Hall–Kier alpha value is -1.40. The topological polar surface area (TPSA) is 169 Å². The number of hydrogen-bond acceptors (Lipinski definition) is 10. The molecule has 0 aliphatic rings. The van der Waals surface area contributed by atoms with Crippen LogP contribution in [0, 0.1) is 0 Å². The summed E-state index contributed by atoms with van der Waals surface area (Å²) in [6.45, 7) is 1.93. The molecule has 14 nitrogen and oxygen atoms in total. The number of hydrogen-bond donors (Lipinski definition) is 3. The van der Waals surface area contributed by atoms with Gasteiger partial charge in [-0.3, -0.25) is 33.6 Å². The molecule has 3 N–H and O–H groups in total. The highest BCUT2D eigenvalue weighted by Gasteiger charge is 2.07. The summed E-state index contributed by atoms with van der Waals surface area (Å²) >= 11 is 11.1. The summed E-state index contributed by atoms with van der Waals surface area (Å²) in [5, 5.41) is 22.4. The number of rotatable bonds is 15. The van der Waals surface area contributed by atoms with Crippen LogP contribution in [0.4, 0.5) is 0 Å². The van der Waals surface area contributed by atoms with Crippen LogP contribution in [0.25, 0.3) is 0 Å². The van der Waals surface area contributed by atoms with Gasteiger partial charge < -0.3 is 25.3 Å². The molecular weight excluding hydrogens is 698 g/mol. The third-order valence-corrected chi connectivity index (χ3v) is 4.97. The monoisotopic (exact) mass is 745 g/mol. The first kappa shape index (κ1) is 49.3. The molecule has 0 radical (unpaired) electrons. The summed E-state index contributed by atoms with van der Waals surface area (Å²) in [5.41, 5.74) is 0. The van der Waals surface area contributed by atoms with E-state index in [0.717, 1.165) is 6.54 Å². The summed E-state index contributed by atoms with van der Waals surface area (Å²) in [7, 11) is 15.4. The number of nitrogens with one attached hydrogen (secondary N) is 1. The van der Waals surface area contributed by atoms with E-state index in [1.54, 1.807) is 21.1 Å². The lowest BCUT2D eigenvalue weighted by Gasteiger charge is -2.15. The summed E-state index contributed by atoms with van der Waals surface area (Å²) in [6.07, 6.45) is 1.83.